The summed E-state index contributed by atoms with van der Waals surface area (Å²) < 4.78 is 5.68. The van der Waals surface area contributed by atoms with Crippen LogP contribution >= 0.6 is 0 Å². The SMILES string of the molecule is CCC(C)OCC(C)C(C)CC. The van der Waals surface area contributed by atoms with Crippen molar-refractivity contribution in [3.05, 3.63) is 0 Å². The fourth-order valence-electron chi connectivity index (χ4n) is 1.00. The van der Waals surface area contributed by atoms with Crippen LogP contribution in [0.3, 0.4) is 0 Å². The summed E-state index contributed by atoms with van der Waals surface area (Å²) in [6, 6.07) is 0. The van der Waals surface area contributed by atoms with E-state index in [1.807, 2.05) is 0 Å². The van der Waals surface area contributed by atoms with Crippen LogP contribution in [0.15, 0.2) is 0 Å². The van der Waals surface area contributed by atoms with Crippen LogP contribution < -0.4 is 0 Å². The summed E-state index contributed by atoms with van der Waals surface area (Å²) in [5.41, 5.74) is 0. The molecule has 0 aromatic rings. The van der Waals surface area contributed by atoms with E-state index >= 15 is 0 Å². The number of hydrogen-bond acceptors (Lipinski definition) is 1. The van der Waals surface area contributed by atoms with Gasteiger partial charge >= 0.3 is 0 Å². The Morgan fingerprint density at radius 2 is 1.50 bits per heavy atom. The Morgan fingerprint density at radius 1 is 0.917 bits per heavy atom. The predicted octanol–water partition coefficient (Wildman–Crippen LogP) is 3.48. The first-order chi connectivity index (χ1) is 5.61. The van der Waals surface area contributed by atoms with Gasteiger partial charge < -0.3 is 4.74 Å². The molecule has 0 aliphatic rings. The third-order valence-corrected chi connectivity index (χ3v) is 2.83. The van der Waals surface area contributed by atoms with Gasteiger partial charge in [-0.05, 0) is 25.2 Å². The minimum absolute atomic E-state index is 0.427. The zero-order chi connectivity index (χ0) is 9.56. The van der Waals surface area contributed by atoms with Crippen LogP contribution in [0.25, 0.3) is 0 Å². The fraction of sp³-hybridized carbons (Fsp3) is 1.00. The van der Waals surface area contributed by atoms with Gasteiger partial charge in [-0.25, -0.2) is 0 Å². The van der Waals surface area contributed by atoms with E-state index in [0.717, 1.165) is 18.9 Å². The predicted molar refractivity (Wildman–Crippen MR) is 54.3 cm³/mol. The minimum Gasteiger partial charge on any atom is -0.378 e. The molecular formula is C11H24O. The van der Waals surface area contributed by atoms with Gasteiger partial charge in [-0.3, -0.25) is 0 Å². The summed E-state index contributed by atoms with van der Waals surface area (Å²) >= 11 is 0. The highest BCUT2D eigenvalue weighted by atomic mass is 16.5. The molecule has 0 amide bonds. The van der Waals surface area contributed by atoms with Gasteiger partial charge in [-0.15, -0.1) is 0 Å². The largest absolute Gasteiger partial charge is 0.378 e. The molecule has 0 rings (SSSR count). The van der Waals surface area contributed by atoms with Gasteiger partial charge in [0, 0.05) is 6.61 Å². The molecule has 0 fully saturated rings. The van der Waals surface area contributed by atoms with Crippen LogP contribution in [0.4, 0.5) is 0 Å². The zero-order valence-electron chi connectivity index (χ0n) is 9.26. The van der Waals surface area contributed by atoms with E-state index in [9.17, 15) is 0 Å². The van der Waals surface area contributed by atoms with Crippen molar-refractivity contribution in [2.75, 3.05) is 6.61 Å². The smallest absolute Gasteiger partial charge is 0.0544 e. The third kappa shape index (κ3) is 4.76. The quantitative estimate of drug-likeness (QED) is 0.596. The van der Waals surface area contributed by atoms with Crippen molar-refractivity contribution >= 4 is 0 Å². The molecule has 0 spiro atoms. The van der Waals surface area contributed by atoms with Crippen LogP contribution in [-0.2, 0) is 4.74 Å². The standard InChI is InChI=1S/C11H24O/c1-6-9(3)10(4)8-12-11(5)7-2/h9-11H,6-8H2,1-5H3. The summed E-state index contributed by atoms with van der Waals surface area (Å²) in [4.78, 5) is 0. The zero-order valence-corrected chi connectivity index (χ0v) is 9.26. The van der Waals surface area contributed by atoms with Crippen molar-refractivity contribution in [2.45, 2.75) is 53.6 Å². The maximum atomic E-state index is 5.68. The Morgan fingerprint density at radius 3 is 1.92 bits per heavy atom. The van der Waals surface area contributed by atoms with Crippen molar-refractivity contribution in [3.63, 3.8) is 0 Å². The van der Waals surface area contributed by atoms with Crippen LogP contribution in [0.1, 0.15) is 47.5 Å². The molecule has 1 nitrogen and oxygen atoms in total. The second kappa shape index (κ2) is 6.47. The molecule has 0 bridgehead atoms. The highest BCUT2D eigenvalue weighted by molar-refractivity contribution is 4.59. The lowest BCUT2D eigenvalue weighted by Crippen LogP contribution is -2.18. The first-order valence-electron chi connectivity index (χ1n) is 5.23. The van der Waals surface area contributed by atoms with Crippen molar-refractivity contribution in [2.24, 2.45) is 11.8 Å². The number of rotatable bonds is 6. The van der Waals surface area contributed by atoms with E-state index in [1.165, 1.54) is 6.42 Å². The second-order valence-corrected chi connectivity index (χ2v) is 3.92. The van der Waals surface area contributed by atoms with Gasteiger partial charge in [0.25, 0.3) is 0 Å². The monoisotopic (exact) mass is 172 g/mol. The Balaban J connectivity index is 3.49. The molecule has 74 valence electrons. The summed E-state index contributed by atoms with van der Waals surface area (Å²) in [6.45, 7) is 12.0. The second-order valence-electron chi connectivity index (χ2n) is 3.92. The Bertz CT molecular complexity index is 101. The summed E-state index contributed by atoms with van der Waals surface area (Å²) in [5.74, 6) is 1.48. The molecule has 0 saturated heterocycles. The van der Waals surface area contributed by atoms with Gasteiger partial charge in [-0.1, -0.05) is 34.1 Å². The molecule has 0 aliphatic carbocycles. The topological polar surface area (TPSA) is 9.23 Å². The molecule has 0 heterocycles. The molecule has 0 aromatic heterocycles. The first kappa shape index (κ1) is 12.0. The van der Waals surface area contributed by atoms with Crippen molar-refractivity contribution in [1.29, 1.82) is 0 Å². The highest BCUT2D eigenvalue weighted by Gasteiger charge is 2.11. The average molecular weight is 172 g/mol. The maximum Gasteiger partial charge on any atom is 0.0544 e. The normalized spacial score (nSPS) is 18.8. The highest BCUT2D eigenvalue weighted by Crippen LogP contribution is 2.15. The van der Waals surface area contributed by atoms with Gasteiger partial charge in [0.15, 0.2) is 0 Å². The molecule has 0 aromatic carbocycles. The van der Waals surface area contributed by atoms with Crippen LogP contribution in [0.2, 0.25) is 0 Å². The van der Waals surface area contributed by atoms with Crippen LogP contribution in [0, 0.1) is 11.8 Å². The first-order valence-corrected chi connectivity index (χ1v) is 5.23. The molecular weight excluding hydrogens is 148 g/mol. The lowest BCUT2D eigenvalue weighted by Gasteiger charge is -2.20. The lowest BCUT2D eigenvalue weighted by molar-refractivity contribution is 0.0296. The van der Waals surface area contributed by atoms with E-state index in [2.05, 4.69) is 34.6 Å². The van der Waals surface area contributed by atoms with Gasteiger partial charge in [0.1, 0.15) is 0 Å². The third-order valence-electron chi connectivity index (χ3n) is 2.83. The molecule has 0 N–H and O–H groups in total. The van der Waals surface area contributed by atoms with E-state index < -0.39 is 0 Å². The Kier molecular flexibility index (Phi) is 6.45. The van der Waals surface area contributed by atoms with Gasteiger partial charge in [-0.2, -0.15) is 0 Å². The molecule has 0 saturated carbocycles. The molecule has 12 heavy (non-hydrogen) atoms. The summed E-state index contributed by atoms with van der Waals surface area (Å²) in [7, 11) is 0. The summed E-state index contributed by atoms with van der Waals surface area (Å²) in [6.07, 6.45) is 2.80. The average Bonchev–Trinajstić information content (AvgIpc) is 2.11. The molecule has 0 radical (unpaired) electrons. The summed E-state index contributed by atoms with van der Waals surface area (Å²) in [5, 5.41) is 0. The van der Waals surface area contributed by atoms with Gasteiger partial charge in [0.2, 0.25) is 0 Å². The number of hydrogen-bond donors (Lipinski definition) is 0. The van der Waals surface area contributed by atoms with E-state index in [4.69, 9.17) is 4.74 Å². The fourth-order valence-corrected chi connectivity index (χ4v) is 1.00. The van der Waals surface area contributed by atoms with Crippen molar-refractivity contribution in [1.82, 2.24) is 0 Å². The van der Waals surface area contributed by atoms with Crippen LogP contribution in [0.5, 0.6) is 0 Å². The molecule has 1 heteroatoms. The Hall–Kier alpha value is -0.0400. The Labute approximate surface area is 77.5 Å². The molecule has 0 aliphatic heterocycles. The minimum atomic E-state index is 0.427. The van der Waals surface area contributed by atoms with E-state index in [1.54, 1.807) is 0 Å². The van der Waals surface area contributed by atoms with Gasteiger partial charge in [0.05, 0.1) is 6.10 Å². The van der Waals surface area contributed by atoms with E-state index in [-0.39, 0.29) is 0 Å². The van der Waals surface area contributed by atoms with Crippen molar-refractivity contribution in [3.8, 4) is 0 Å². The number of ether oxygens (including phenoxy) is 1. The molecule has 3 unspecified atom stereocenters. The molecule has 3 atom stereocenters. The van der Waals surface area contributed by atoms with Crippen molar-refractivity contribution < 1.29 is 4.74 Å². The van der Waals surface area contributed by atoms with Crippen LogP contribution in [-0.4, -0.2) is 12.7 Å². The maximum absolute atomic E-state index is 5.68. The lowest BCUT2D eigenvalue weighted by atomic mass is 9.94. The van der Waals surface area contributed by atoms with E-state index in [0.29, 0.717) is 12.0 Å².